The van der Waals surface area contributed by atoms with E-state index in [9.17, 15) is 9.90 Å². The van der Waals surface area contributed by atoms with Crippen LogP contribution in [0.4, 0.5) is 4.79 Å². The molecule has 1 N–H and O–H groups in total. The van der Waals surface area contributed by atoms with Gasteiger partial charge < -0.3 is 14.7 Å². The van der Waals surface area contributed by atoms with E-state index in [1.807, 2.05) is 20.8 Å². The Bertz CT molecular complexity index is 279. The number of nitrogens with zero attached hydrogens (tertiary/aromatic N) is 1. The minimum atomic E-state index is -0.740. The number of aliphatic hydroxyl groups is 1. The van der Waals surface area contributed by atoms with Gasteiger partial charge >= 0.3 is 6.09 Å². The molecule has 4 heteroatoms. The SMILES string of the molecule is C=CCC(C)(O)CCCN(C)C(=O)OC(C)(C)C. The fourth-order valence-corrected chi connectivity index (χ4v) is 1.54. The van der Waals surface area contributed by atoms with Crippen molar-refractivity contribution < 1.29 is 14.6 Å². The molecule has 0 aromatic carbocycles. The van der Waals surface area contributed by atoms with Crippen LogP contribution in [0, 0.1) is 0 Å². The van der Waals surface area contributed by atoms with Crippen LogP contribution < -0.4 is 0 Å². The summed E-state index contributed by atoms with van der Waals surface area (Å²) in [4.78, 5) is 13.2. The largest absolute Gasteiger partial charge is 0.444 e. The van der Waals surface area contributed by atoms with Gasteiger partial charge in [-0.05, 0) is 47.0 Å². The molecule has 0 saturated heterocycles. The molecule has 0 bridgehead atoms. The quantitative estimate of drug-likeness (QED) is 0.744. The monoisotopic (exact) mass is 257 g/mol. The zero-order valence-electron chi connectivity index (χ0n) is 12.3. The lowest BCUT2D eigenvalue weighted by molar-refractivity contribution is 0.0245. The van der Waals surface area contributed by atoms with E-state index in [2.05, 4.69) is 6.58 Å². The first-order valence-electron chi connectivity index (χ1n) is 6.35. The van der Waals surface area contributed by atoms with E-state index in [0.717, 1.165) is 6.42 Å². The average Bonchev–Trinajstić information content (AvgIpc) is 2.14. The second kappa shape index (κ2) is 6.78. The Morgan fingerprint density at radius 1 is 1.39 bits per heavy atom. The summed E-state index contributed by atoms with van der Waals surface area (Å²) < 4.78 is 5.24. The van der Waals surface area contributed by atoms with Crippen LogP contribution in [0.15, 0.2) is 12.7 Å². The highest BCUT2D eigenvalue weighted by atomic mass is 16.6. The number of hydrogen-bond donors (Lipinski definition) is 1. The number of amides is 1. The highest BCUT2D eigenvalue weighted by Crippen LogP contribution is 2.17. The van der Waals surface area contributed by atoms with E-state index in [0.29, 0.717) is 19.4 Å². The van der Waals surface area contributed by atoms with E-state index in [-0.39, 0.29) is 6.09 Å². The van der Waals surface area contributed by atoms with Gasteiger partial charge in [-0.25, -0.2) is 4.79 Å². The van der Waals surface area contributed by atoms with Crippen LogP contribution in [0.5, 0.6) is 0 Å². The molecule has 0 rings (SSSR count). The summed E-state index contributed by atoms with van der Waals surface area (Å²) in [5, 5.41) is 9.95. The summed E-state index contributed by atoms with van der Waals surface area (Å²) in [5.74, 6) is 0. The predicted octanol–water partition coefficient (Wildman–Crippen LogP) is 2.96. The van der Waals surface area contributed by atoms with E-state index in [4.69, 9.17) is 4.74 Å². The molecule has 1 amide bonds. The minimum absolute atomic E-state index is 0.328. The van der Waals surface area contributed by atoms with Gasteiger partial charge in [-0.1, -0.05) is 6.08 Å². The Morgan fingerprint density at radius 2 is 1.94 bits per heavy atom. The summed E-state index contributed by atoms with van der Waals surface area (Å²) in [6, 6.07) is 0. The summed E-state index contributed by atoms with van der Waals surface area (Å²) in [7, 11) is 1.70. The van der Waals surface area contributed by atoms with Crippen molar-refractivity contribution in [2.75, 3.05) is 13.6 Å². The second-order valence-electron chi connectivity index (χ2n) is 6.00. The molecule has 0 aliphatic carbocycles. The lowest BCUT2D eigenvalue weighted by Crippen LogP contribution is -2.35. The van der Waals surface area contributed by atoms with Crippen molar-refractivity contribution in [2.45, 2.75) is 58.2 Å². The molecule has 0 saturated carbocycles. The second-order valence-corrected chi connectivity index (χ2v) is 6.00. The topological polar surface area (TPSA) is 49.8 Å². The zero-order chi connectivity index (χ0) is 14.4. The Hall–Kier alpha value is -1.03. The molecule has 0 spiro atoms. The maximum absolute atomic E-state index is 11.7. The third-order valence-electron chi connectivity index (χ3n) is 2.50. The van der Waals surface area contributed by atoms with Gasteiger partial charge in [0.25, 0.3) is 0 Å². The summed E-state index contributed by atoms with van der Waals surface area (Å²) in [6.07, 6.45) is 3.30. The Morgan fingerprint density at radius 3 is 2.39 bits per heavy atom. The fraction of sp³-hybridized carbons (Fsp3) is 0.786. The van der Waals surface area contributed by atoms with Crippen molar-refractivity contribution in [1.82, 2.24) is 4.90 Å². The smallest absolute Gasteiger partial charge is 0.410 e. The van der Waals surface area contributed by atoms with Crippen molar-refractivity contribution in [3.8, 4) is 0 Å². The highest BCUT2D eigenvalue weighted by Gasteiger charge is 2.21. The Labute approximate surface area is 111 Å². The maximum Gasteiger partial charge on any atom is 0.410 e. The Balaban J connectivity index is 4.00. The van der Waals surface area contributed by atoms with Gasteiger partial charge in [0, 0.05) is 13.6 Å². The van der Waals surface area contributed by atoms with Gasteiger partial charge in [-0.15, -0.1) is 6.58 Å². The average molecular weight is 257 g/mol. The number of rotatable bonds is 6. The highest BCUT2D eigenvalue weighted by molar-refractivity contribution is 5.67. The molecule has 4 nitrogen and oxygen atoms in total. The summed E-state index contributed by atoms with van der Waals surface area (Å²) in [5.41, 5.74) is -1.21. The molecule has 18 heavy (non-hydrogen) atoms. The normalized spacial score (nSPS) is 14.8. The van der Waals surface area contributed by atoms with Gasteiger partial charge in [-0.2, -0.15) is 0 Å². The molecule has 0 aliphatic heterocycles. The Kier molecular flexibility index (Phi) is 6.39. The van der Waals surface area contributed by atoms with Crippen LogP contribution in [0.2, 0.25) is 0 Å². The molecule has 106 valence electrons. The first-order chi connectivity index (χ1) is 8.07. The van der Waals surface area contributed by atoms with Gasteiger partial charge in [-0.3, -0.25) is 0 Å². The van der Waals surface area contributed by atoms with Gasteiger partial charge in [0.1, 0.15) is 5.60 Å². The van der Waals surface area contributed by atoms with Crippen LogP contribution >= 0.6 is 0 Å². The molecule has 0 fully saturated rings. The van der Waals surface area contributed by atoms with Gasteiger partial charge in [0.05, 0.1) is 5.60 Å². The molecule has 1 atom stereocenters. The standard InChI is InChI=1S/C14H27NO3/c1-7-9-14(5,17)10-8-11-15(6)12(16)18-13(2,3)4/h7,17H,1,8-11H2,2-6H3. The van der Waals surface area contributed by atoms with Crippen molar-refractivity contribution >= 4 is 6.09 Å². The maximum atomic E-state index is 11.7. The van der Waals surface area contributed by atoms with Crippen LogP contribution in [0.1, 0.15) is 47.0 Å². The van der Waals surface area contributed by atoms with Crippen molar-refractivity contribution in [3.05, 3.63) is 12.7 Å². The molecular formula is C14H27NO3. The first-order valence-corrected chi connectivity index (χ1v) is 6.35. The number of carbonyl (C=O) groups is 1. The van der Waals surface area contributed by atoms with Crippen LogP contribution in [0.3, 0.4) is 0 Å². The summed E-state index contributed by atoms with van der Waals surface area (Å²) >= 11 is 0. The molecule has 0 heterocycles. The van der Waals surface area contributed by atoms with Crippen molar-refractivity contribution in [3.63, 3.8) is 0 Å². The van der Waals surface area contributed by atoms with Gasteiger partial charge in [0.15, 0.2) is 0 Å². The van der Waals surface area contributed by atoms with Crippen LogP contribution in [0.25, 0.3) is 0 Å². The van der Waals surface area contributed by atoms with Crippen LogP contribution in [-0.4, -0.2) is 40.9 Å². The summed E-state index contributed by atoms with van der Waals surface area (Å²) in [6.45, 7) is 11.5. The van der Waals surface area contributed by atoms with Gasteiger partial charge in [0.2, 0.25) is 0 Å². The minimum Gasteiger partial charge on any atom is -0.444 e. The first kappa shape index (κ1) is 17.0. The number of ether oxygens (including phenoxy) is 1. The molecule has 1 unspecified atom stereocenters. The van der Waals surface area contributed by atoms with Crippen molar-refractivity contribution in [2.24, 2.45) is 0 Å². The lowest BCUT2D eigenvalue weighted by atomic mass is 9.96. The van der Waals surface area contributed by atoms with Crippen LogP contribution in [-0.2, 0) is 4.74 Å². The van der Waals surface area contributed by atoms with E-state index >= 15 is 0 Å². The molecular weight excluding hydrogens is 230 g/mol. The van der Waals surface area contributed by atoms with E-state index < -0.39 is 11.2 Å². The lowest BCUT2D eigenvalue weighted by Gasteiger charge is -2.26. The third-order valence-corrected chi connectivity index (χ3v) is 2.50. The zero-order valence-corrected chi connectivity index (χ0v) is 12.3. The van der Waals surface area contributed by atoms with E-state index in [1.54, 1.807) is 20.0 Å². The molecule has 0 aromatic rings. The fourth-order valence-electron chi connectivity index (χ4n) is 1.54. The van der Waals surface area contributed by atoms with Crippen molar-refractivity contribution in [1.29, 1.82) is 0 Å². The molecule has 0 radical (unpaired) electrons. The number of hydrogen-bond acceptors (Lipinski definition) is 3. The predicted molar refractivity (Wildman–Crippen MR) is 73.5 cm³/mol. The molecule has 0 aromatic heterocycles. The third kappa shape index (κ3) is 8.12. The van der Waals surface area contributed by atoms with E-state index in [1.165, 1.54) is 4.90 Å². The molecule has 0 aliphatic rings. The number of carbonyl (C=O) groups excluding carboxylic acids is 1.